The quantitative estimate of drug-likeness (QED) is 0.374. The molecule has 1 aliphatic heterocycles. The number of aromatic nitrogens is 1. The highest BCUT2D eigenvalue weighted by Gasteiger charge is 2.44. The van der Waals surface area contributed by atoms with Crippen LogP contribution in [-0.2, 0) is 0 Å². The molecule has 0 N–H and O–H groups in total. The van der Waals surface area contributed by atoms with Crippen molar-refractivity contribution in [1.82, 2.24) is 4.98 Å². The van der Waals surface area contributed by atoms with Gasteiger partial charge < -0.3 is 9.15 Å². The van der Waals surface area contributed by atoms with Gasteiger partial charge in [-0.3, -0.25) is 14.5 Å². The van der Waals surface area contributed by atoms with E-state index in [4.69, 9.17) is 9.15 Å². The minimum absolute atomic E-state index is 0.0587. The number of aryl methyl sites for hydroxylation is 1. The van der Waals surface area contributed by atoms with Crippen LogP contribution in [0.5, 0.6) is 5.75 Å². The maximum atomic E-state index is 13.6. The van der Waals surface area contributed by atoms with Crippen molar-refractivity contribution < 1.29 is 13.9 Å². The molecule has 6 heteroatoms. The third-order valence-corrected chi connectivity index (χ3v) is 5.86. The fourth-order valence-electron chi connectivity index (χ4n) is 4.18. The lowest BCUT2D eigenvalue weighted by Crippen LogP contribution is -2.30. The minimum atomic E-state index is -0.668. The monoisotopic (exact) mass is 440 g/mol. The number of hydrogen-bond donors (Lipinski definition) is 0. The molecular formula is C27H24N2O4. The summed E-state index contributed by atoms with van der Waals surface area (Å²) in [5.41, 5.74) is 2.25. The fraction of sp³-hybridized carbons (Fsp3) is 0.222. The summed E-state index contributed by atoms with van der Waals surface area (Å²) in [7, 11) is 0. The molecule has 0 saturated heterocycles. The molecule has 0 aliphatic carbocycles. The molecule has 1 atom stereocenters. The van der Waals surface area contributed by atoms with Gasteiger partial charge in [-0.25, -0.2) is 4.98 Å². The third kappa shape index (κ3) is 3.67. The van der Waals surface area contributed by atoms with E-state index in [1.165, 1.54) is 0 Å². The molecule has 2 aromatic heterocycles. The molecule has 1 amide bonds. The Bertz CT molecular complexity index is 1390. The van der Waals surface area contributed by atoms with Crippen LogP contribution in [0.25, 0.3) is 11.0 Å². The first-order valence-electron chi connectivity index (χ1n) is 11.1. The van der Waals surface area contributed by atoms with E-state index >= 15 is 0 Å². The molecule has 33 heavy (non-hydrogen) atoms. The van der Waals surface area contributed by atoms with Crippen molar-refractivity contribution in [3.8, 4) is 5.75 Å². The highest BCUT2D eigenvalue weighted by Crippen LogP contribution is 2.41. The summed E-state index contributed by atoms with van der Waals surface area (Å²) in [4.78, 5) is 33.2. The molecule has 6 nitrogen and oxygen atoms in total. The van der Waals surface area contributed by atoms with Gasteiger partial charge >= 0.3 is 0 Å². The highest BCUT2D eigenvalue weighted by atomic mass is 16.5. The number of unbranched alkanes of at least 4 members (excludes halogenated alkanes) is 1. The first-order valence-corrected chi connectivity index (χ1v) is 11.1. The first-order chi connectivity index (χ1) is 16.1. The molecule has 166 valence electrons. The lowest BCUT2D eigenvalue weighted by molar-refractivity contribution is 0.0970. The standard InChI is InChI=1S/C27H24N2O4/c1-3-4-14-32-19-9-7-8-18(15-19)24-23-25(30)20-10-5-6-11-21(20)33-26(23)27(31)29(24)22-13-12-17(2)16-28-22/h5-13,15-16,24H,3-4,14H2,1-2H3. The Morgan fingerprint density at radius 2 is 1.91 bits per heavy atom. The van der Waals surface area contributed by atoms with Gasteiger partial charge in [0, 0.05) is 6.20 Å². The van der Waals surface area contributed by atoms with Crippen LogP contribution in [0.4, 0.5) is 5.82 Å². The summed E-state index contributed by atoms with van der Waals surface area (Å²) in [6.45, 7) is 4.65. The number of benzene rings is 2. The van der Waals surface area contributed by atoms with E-state index in [1.807, 2.05) is 37.3 Å². The molecule has 1 unspecified atom stereocenters. The van der Waals surface area contributed by atoms with Crippen LogP contribution in [0, 0.1) is 6.92 Å². The summed E-state index contributed by atoms with van der Waals surface area (Å²) in [5.74, 6) is 0.835. The number of amides is 1. The van der Waals surface area contributed by atoms with Gasteiger partial charge in [-0.2, -0.15) is 0 Å². The van der Waals surface area contributed by atoms with Crippen molar-refractivity contribution in [3.63, 3.8) is 0 Å². The number of hydrogen-bond acceptors (Lipinski definition) is 5. The molecule has 0 radical (unpaired) electrons. The second-order valence-corrected chi connectivity index (χ2v) is 8.22. The molecule has 0 spiro atoms. The van der Waals surface area contributed by atoms with Crippen LogP contribution in [-0.4, -0.2) is 17.5 Å². The predicted octanol–water partition coefficient (Wildman–Crippen LogP) is 5.43. The summed E-state index contributed by atoms with van der Waals surface area (Å²) in [6, 6.07) is 17.6. The number of para-hydroxylation sites is 1. The fourth-order valence-corrected chi connectivity index (χ4v) is 4.18. The molecule has 3 heterocycles. The Hall–Kier alpha value is -3.93. The summed E-state index contributed by atoms with van der Waals surface area (Å²) >= 11 is 0. The van der Waals surface area contributed by atoms with Crippen LogP contribution in [0.3, 0.4) is 0 Å². The number of rotatable bonds is 6. The molecule has 0 fully saturated rings. The number of pyridine rings is 1. The molecular weight excluding hydrogens is 416 g/mol. The zero-order chi connectivity index (χ0) is 22.9. The Balaban J connectivity index is 1.70. The van der Waals surface area contributed by atoms with Crippen LogP contribution in [0.1, 0.15) is 53.1 Å². The summed E-state index contributed by atoms with van der Waals surface area (Å²) in [5, 5.41) is 0.447. The second kappa shape index (κ2) is 8.54. The summed E-state index contributed by atoms with van der Waals surface area (Å²) in [6.07, 6.45) is 3.69. The van der Waals surface area contributed by atoms with Gasteiger partial charge in [0.15, 0.2) is 5.43 Å². The van der Waals surface area contributed by atoms with E-state index in [2.05, 4.69) is 11.9 Å². The van der Waals surface area contributed by atoms with E-state index in [0.29, 0.717) is 34.7 Å². The molecule has 0 bridgehead atoms. The van der Waals surface area contributed by atoms with Gasteiger partial charge in [0.25, 0.3) is 5.91 Å². The number of carbonyl (C=O) groups is 1. The molecule has 2 aromatic carbocycles. The van der Waals surface area contributed by atoms with Crippen molar-refractivity contribution in [1.29, 1.82) is 0 Å². The van der Waals surface area contributed by atoms with Crippen molar-refractivity contribution in [2.75, 3.05) is 11.5 Å². The van der Waals surface area contributed by atoms with Gasteiger partial charge in [-0.1, -0.05) is 43.7 Å². The first kappa shape index (κ1) is 20.9. The van der Waals surface area contributed by atoms with Gasteiger partial charge in [-0.05, 0) is 54.8 Å². The SMILES string of the molecule is CCCCOc1cccc(C2c3c(oc4ccccc4c3=O)C(=O)N2c2ccc(C)cn2)c1. The zero-order valence-corrected chi connectivity index (χ0v) is 18.6. The Kier molecular flexibility index (Phi) is 5.42. The van der Waals surface area contributed by atoms with Crippen molar-refractivity contribution in [2.45, 2.75) is 32.7 Å². The number of fused-ring (bicyclic) bond motifs is 2. The van der Waals surface area contributed by atoms with Crippen molar-refractivity contribution in [3.05, 3.63) is 99.5 Å². The lowest BCUT2D eigenvalue weighted by Gasteiger charge is -2.24. The van der Waals surface area contributed by atoms with Crippen LogP contribution >= 0.6 is 0 Å². The maximum Gasteiger partial charge on any atom is 0.296 e. The second-order valence-electron chi connectivity index (χ2n) is 8.22. The minimum Gasteiger partial charge on any atom is -0.494 e. The summed E-state index contributed by atoms with van der Waals surface area (Å²) < 4.78 is 11.9. The van der Waals surface area contributed by atoms with Gasteiger partial charge in [0.1, 0.15) is 17.2 Å². The average Bonchev–Trinajstić information content (AvgIpc) is 3.13. The van der Waals surface area contributed by atoms with E-state index in [9.17, 15) is 9.59 Å². The number of anilines is 1. The van der Waals surface area contributed by atoms with Gasteiger partial charge in [0.2, 0.25) is 5.76 Å². The Morgan fingerprint density at radius 1 is 1.06 bits per heavy atom. The molecule has 1 aliphatic rings. The normalized spacial score (nSPS) is 15.2. The Morgan fingerprint density at radius 3 is 2.70 bits per heavy atom. The van der Waals surface area contributed by atoms with E-state index in [-0.39, 0.29) is 17.1 Å². The van der Waals surface area contributed by atoms with Crippen molar-refractivity contribution in [2.24, 2.45) is 0 Å². The van der Waals surface area contributed by atoms with E-state index < -0.39 is 6.04 Å². The van der Waals surface area contributed by atoms with Gasteiger partial charge in [-0.15, -0.1) is 0 Å². The Labute approximate surface area is 191 Å². The number of ether oxygens (including phenoxy) is 1. The van der Waals surface area contributed by atoms with Gasteiger partial charge in [0.05, 0.1) is 23.6 Å². The molecule has 0 saturated carbocycles. The zero-order valence-electron chi connectivity index (χ0n) is 18.6. The maximum absolute atomic E-state index is 13.6. The molecule has 5 rings (SSSR count). The predicted molar refractivity (Wildman–Crippen MR) is 127 cm³/mol. The van der Waals surface area contributed by atoms with Crippen LogP contribution in [0.15, 0.2) is 76.1 Å². The van der Waals surface area contributed by atoms with E-state index in [1.54, 1.807) is 41.4 Å². The van der Waals surface area contributed by atoms with Crippen molar-refractivity contribution >= 4 is 22.7 Å². The third-order valence-electron chi connectivity index (χ3n) is 5.86. The smallest absolute Gasteiger partial charge is 0.296 e. The van der Waals surface area contributed by atoms with E-state index in [0.717, 1.165) is 24.0 Å². The lowest BCUT2D eigenvalue weighted by atomic mass is 9.98. The number of nitrogens with zero attached hydrogens (tertiary/aromatic N) is 2. The molecule has 4 aromatic rings. The number of carbonyl (C=O) groups excluding carboxylic acids is 1. The van der Waals surface area contributed by atoms with Crippen LogP contribution < -0.4 is 15.1 Å². The average molecular weight is 440 g/mol. The highest BCUT2D eigenvalue weighted by molar-refractivity contribution is 6.10. The topological polar surface area (TPSA) is 72.6 Å². The van der Waals surface area contributed by atoms with Crippen LogP contribution in [0.2, 0.25) is 0 Å². The largest absolute Gasteiger partial charge is 0.494 e.